The fraction of sp³-hybridized carbons (Fsp3) is 0.176. The zero-order valence-corrected chi connectivity index (χ0v) is 14.4. The van der Waals surface area contributed by atoms with Crippen molar-refractivity contribution in [3.63, 3.8) is 0 Å². The summed E-state index contributed by atoms with van der Waals surface area (Å²) in [5.41, 5.74) is 2.70. The number of hydrogen-bond acceptors (Lipinski definition) is 4. The predicted octanol–water partition coefficient (Wildman–Crippen LogP) is 3.59. The standard InChI is InChI=1S/C17H17BrN2O3/c1-11-6-7-12(17(22)23-2)8-15(11)20-16(21)10-19-14-5-3-4-13(18)9-14/h3-9,19H,10H2,1-2H3,(H,20,21). The third-order valence-electron chi connectivity index (χ3n) is 3.21. The molecule has 120 valence electrons. The minimum atomic E-state index is -0.437. The predicted molar refractivity (Wildman–Crippen MR) is 93.8 cm³/mol. The summed E-state index contributed by atoms with van der Waals surface area (Å²) in [6, 6.07) is 12.6. The van der Waals surface area contributed by atoms with Crippen LogP contribution < -0.4 is 10.6 Å². The van der Waals surface area contributed by atoms with Gasteiger partial charge in [0, 0.05) is 15.8 Å². The lowest BCUT2D eigenvalue weighted by molar-refractivity contribution is -0.114. The van der Waals surface area contributed by atoms with Crippen LogP contribution in [0.5, 0.6) is 0 Å². The van der Waals surface area contributed by atoms with Crippen molar-refractivity contribution in [2.24, 2.45) is 0 Å². The van der Waals surface area contributed by atoms with Gasteiger partial charge in [0.1, 0.15) is 0 Å². The van der Waals surface area contributed by atoms with Gasteiger partial charge in [0.05, 0.1) is 19.2 Å². The van der Waals surface area contributed by atoms with E-state index in [2.05, 4.69) is 31.3 Å². The molecule has 2 rings (SSSR count). The van der Waals surface area contributed by atoms with Gasteiger partial charge in [-0.2, -0.15) is 0 Å². The average molecular weight is 377 g/mol. The van der Waals surface area contributed by atoms with Crippen LogP contribution in [0.3, 0.4) is 0 Å². The highest BCUT2D eigenvalue weighted by Crippen LogP contribution is 2.18. The van der Waals surface area contributed by atoms with Crippen LogP contribution in [0.1, 0.15) is 15.9 Å². The second-order valence-corrected chi connectivity index (χ2v) is 5.85. The van der Waals surface area contributed by atoms with Crippen molar-refractivity contribution in [1.29, 1.82) is 0 Å². The number of hydrogen-bond donors (Lipinski definition) is 2. The van der Waals surface area contributed by atoms with Crippen LogP contribution in [0.15, 0.2) is 46.9 Å². The van der Waals surface area contributed by atoms with Crippen molar-refractivity contribution in [3.05, 3.63) is 58.1 Å². The van der Waals surface area contributed by atoms with Crippen LogP contribution in [0.2, 0.25) is 0 Å². The molecule has 0 atom stereocenters. The van der Waals surface area contributed by atoms with Crippen LogP contribution in [-0.2, 0) is 9.53 Å². The summed E-state index contributed by atoms with van der Waals surface area (Å²) in [7, 11) is 1.32. The van der Waals surface area contributed by atoms with Gasteiger partial charge in [0.25, 0.3) is 0 Å². The van der Waals surface area contributed by atoms with Gasteiger partial charge in [-0.3, -0.25) is 4.79 Å². The molecule has 5 nitrogen and oxygen atoms in total. The molecule has 6 heteroatoms. The number of esters is 1. The van der Waals surface area contributed by atoms with E-state index in [0.29, 0.717) is 11.3 Å². The van der Waals surface area contributed by atoms with Crippen LogP contribution in [-0.4, -0.2) is 25.5 Å². The van der Waals surface area contributed by atoms with Crippen LogP contribution in [0.4, 0.5) is 11.4 Å². The van der Waals surface area contributed by atoms with E-state index in [9.17, 15) is 9.59 Å². The van der Waals surface area contributed by atoms with E-state index in [1.54, 1.807) is 18.2 Å². The fourth-order valence-electron chi connectivity index (χ4n) is 1.98. The first-order chi connectivity index (χ1) is 11.0. The Labute approximate surface area is 143 Å². The van der Waals surface area contributed by atoms with E-state index >= 15 is 0 Å². The molecule has 0 spiro atoms. The largest absolute Gasteiger partial charge is 0.465 e. The molecule has 0 aliphatic heterocycles. The molecule has 0 radical (unpaired) electrons. The smallest absolute Gasteiger partial charge is 0.337 e. The Bertz CT molecular complexity index is 732. The van der Waals surface area contributed by atoms with E-state index in [4.69, 9.17) is 0 Å². The molecule has 0 bridgehead atoms. The lowest BCUT2D eigenvalue weighted by atomic mass is 10.1. The van der Waals surface area contributed by atoms with Gasteiger partial charge < -0.3 is 15.4 Å². The van der Waals surface area contributed by atoms with Gasteiger partial charge in [-0.15, -0.1) is 0 Å². The molecule has 2 N–H and O–H groups in total. The van der Waals surface area contributed by atoms with Gasteiger partial charge in [-0.1, -0.05) is 28.1 Å². The van der Waals surface area contributed by atoms with Crippen molar-refractivity contribution < 1.29 is 14.3 Å². The lowest BCUT2D eigenvalue weighted by Gasteiger charge is -2.11. The monoisotopic (exact) mass is 376 g/mol. The number of amides is 1. The Morgan fingerprint density at radius 1 is 1.17 bits per heavy atom. The van der Waals surface area contributed by atoms with Crippen LogP contribution in [0, 0.1) is 6.92 Å². The maximum atomic E-state index is 12.1. The van der Waals surface area contributed by atoms with E-state index in [-0.39, 0.29) is 12.5 Å². The first-order valence-electron chi connectivity index (χ1n) is 6.98. The summed E-state index contributed by atoms with van der Waals surface area (Å²) in [5.74, 6) is -0.636. The molecular weight excluding hydrogens is 360 g/mol. The highest BCUT2D eigenvalue weighted by atomic mass is 79.9. The Kier molecular flexibility index (Phi) is 5.76. The molecule has 0 aliphatic rings. The van der Waals surface area contributed by atoms with Crippen LogP contribution >= 0.6 is 15.9 Å². The normalized spacial score (nSPS) is 10.0. The summed E-state index contributed by atoms with van der Waals surface area (Å²) in [6.07, 6.45) is 0. The number of methoxy groups -OCH3 is 1. The van der Waals surface area contributed by atoms with Crippen molar-refractivity contribution in [1.82, 2.24) is 0 Å². The molecule has 0 aromatic heterocycles. The van der Waals surface area contributed by atoms with Crippen molar-refractivity contribution >= 4 is 39.2 Å². The average Bonchev–Trinajstić information content (AvgIpc) is 2.54. The Balaban J connectivity index is 2.01. The van der Waals surface area contributed by atoms with Gasteiger partial charge in [0.2, 0.25) is 5.91 Å². The van der Waals surface area contributed by atoms with E-state index in [1.165, 1.54) is 7.11 Å². The molecule has 0 unspecified atom stereocenters. The van der Waals surface area contributed by atoms with Crippen molar-refractivity contribution in [2.45, 2.75) is 6.92 Å². The zero-order chi connectivity index (χ0) is 16.8. The zero-order valence-electron chi connectivity index (χ0n) is 12.9. The topological polar surface area (TPSA) is 67.4 Å². The second kappa shape index (κ2) is 7.78. The second-order valence-electron chi connectivity index (χ2n) is 4.93. The molecule has 1 amide bonds. The van der Waals surface area contributed by atoms with Crippen molar-refractivity contribution in [2.75, 3.05) is 24.3 Å². The number of anilines is 2. The molecule has 0 fully saturated rings. The number of ether oxygens (including phenoxy) is 1. The number of carbonyl (C=O) groups is 2. The quantitative estimate of drug-likeness (QED) is 0.782. The number of rotatable bonds is 5. The maximum absolute atomic E-state index is 12.1. The van der Waals surface area contributed by atoms with Crippen molar-refractivity contribution in [3.8, 4) is 0 Å². The third-order valence-corrected chi connectivity index (χ3v) is 3.70. The molecule has 0 saturated heterocycles. The minimum Gasteiger partial charge on any atom is -0.465 e. The van der Waals surface area contributed by atoms with E-state index < -0.39 is 5.97 Å². The molecule has 2 aromatic rings. The van der Waals surface area contributed by atoms with Gasteiger partial charge in [0.15, 0.2) is 0 Å². The third kappa shape index (κ3) is 4.82. The Morgan fingerprint density at radius 2 is 1.96 bits per heavy atom. The fourth-order valence-corrected chi connectivity index (χ4v) is 2.38. The summed E-state index contributed by atoms with van der Waals surface area (Å²) < 4.78 is 5.62. The molecule has 0 aliphatic carbocycles. The van der Waals surface area contributed by atoms with E-state index in [0.717, 1.165) is 15.7 Å². The summed E-state index contributed by atoms with van der Waals surface area (Å²) in [4.78, 5) is 23.6. The highest BCUT2D eigenvalue weighted by molar-refractivity contribution is 9.10. The van der Waals surface area contributed by atoms with Gasteiger partial charge in [-0.25, -0.2) is 4.79 Å². The van der Waals surface area contributed by atoms with Gasteiger partial charge >= 0.3 is 5.97 Å². The number of benzene rings is 2. The summed E-state index contributed by atoms with van der Waals surface area (Å²) in [5, 5.41) is 5.83. The summed E-state index contributed by atoms with van der Waals surface area (Å²) >= 11 is 3.38. The summed E-state index contributed by atoms with van der Waals surface area (Å²) in [6.45, 7) is 1.98. The first kappa shape index (κ1) is 17.0. The van der Waals surface area contributed by atoms with Gasteiger partial charge in [-0.05, 0) is 42.8 Å². The molecule has 2 aromatic carbocycles. The number of nitrogens with one attached hydrogen (secondary N) is 2. The first-order valence-corrected chi connectivity index (χ1v) is 7.77. The lowest BCUT2D eigenvalue weighted by Crippen LogP contribution is -2.22. The number of aryl methyl sites for hydroxylation is 1. The molecule has 0 saturated carbocycles. The van der Waals surface area contributed by atoms with E-state index in [1.807, 2.05) is 31.2 Å². The SMILES string of the molecule is COC(=O)c1ccc(C)c(NC(=O)CNc2cccc(Br)c2)c1. The molecule has 23 heavy (non-hydrogen) atoms. The molecule has 0 heterocycles. The number of carbonyl (C=O) groups excluding carboxylic acids is 2. The number of halogens is 1. The Hall–Kier alpha value is -2.34. The van der Waals surface area contributed by atoms with Crippen LogP contribution in [0.25, 0.3) is 0 Å². The minimum absolute atomic E-state index is 0.123. The molecular formula is C17H17BrN2O3. The maximum Gasteiger partial charge on any atom is 0.337 e. The Morgan fingerprint density at radius 3 is 2.65 bits per heavy atom. The highest BCUT2D eigenvalue weighted by Gasteiger charge is 2.10.